The number of carbonyl (C=O) groups excluding carboxylic acids is 1. The van der Waals surface area contributed by atoms with Crippen molar-refractivity contribution in [1.82, 2.24) is 5.32 Å². The number of hydrogen-bond acceptors (Lipinski definition) is 4. The van der Waals surface area contributed by atoms with E-state index >= 15 is 0 Å². The Balaban J connectivity index is 3.04. The summed E-state index contributed by atoms with van der Waals surface area (Å²) in [5.41, 5.74) is -0.624. The van der Waals surface area contributed by atoms with Crippen molar-refractivity contribution < 1.29 is 27.5 Å². The average Bonchev–Trinajstić information content (AvgIpc) is 2.40. The summed E-state index contributed by atoms with van der Waals surface area (Å²) in [5, 5.41) is 10.6. The van der Waals surface area contributed by atoms with E-state index in [2.05, 4.69) is 5.32 Å². The fraction of sp³-hybridized carbons (Fsp3) is 0.333. The van der Waals surface area contributed by atoms with Gasteiger partial charge in [-0.05, 0) is 18.6 Å². The van der Waals surface area contributed by atoms with Gasteiger partial charge in [0.2, 0.25) is 5.91 Å². The summed E-state index contributed by atoms with van der Waals surface area (Å²) < 4.78 is 37.5. The Hall–Kier alpha value is -1.67. The number of sulfone groups is 1. The first kappa shape index (κ1) is 17.4. The highest BCUT2D eigenvalue weighted by molar-refractivity contribution is 7.91. The Morgan fingerprint density at radius 2 is 2.00 bits per heavy atom. The predicted molar refractivity (Wildman–Crippen MR) is 73.7 cm³/mol. The zero-order valence-corrected chi connectivity index (χ0v) is 12.6. The summed E-state index contributed by atoms with van der Waals surface area (Å²) in [5.74, 6) is -3.37. The third-order valence-corrected chi connectivity index (χ3v) is 4.85. The minimum absolute atomic E-state index is 0.00239. The molecule has 0 aliphatic carbocycles. The van der Waals surface area contributed by atoms with Crippen LogP contribution in [0.3, 0.4) is 0 Å². The van der Waals surface area contributed by atoms with Crippen molar-refractivity contribution in [2.45, 2.75) is 17.7 Å². The molecule has 0 radical (unpaired) electrons. The van der Waals surface area contributed by atoms with Crippen LogP contribution >= 0.6 is 11.6 Å². The fourth-order valence-corrected chi connectivity index (χ4v) is 3.10. The second kappa shape index (κ2) is 6.86. The van der Waals surface area contributed by atoms with Crippen molar-refractivity contribution in [3.05, 3.63) is 28.5 Å². The molecule has 116 valence electrons. The van der Waals surface area contributed by atoms with Crippen LogP contribution in [0.5, 0.6) is 0 Å². The highest BCUT2D eigenvalue weighted by Crippen LogP contribution is 2.25. The van der Waals surface area contributed by atoms with Crippen LogP contribution < -0.4 is 5.32 Å². The van der Waals surface area contributed by atoms with E-state index in [0.717, 1.165) is 6.07 Å². The van der Waals surface area contributed by atoms with Gasteiger partial charge in [-0.15, -0.1) is 0 Å². The van der Waals surface area contributed by atoms with Crippen LogP contribution in [0.1, 0.15) is 23.2 Å². The van der Waals surface area contributed by atoms with Crippen LogP contribution in [0.15, 0.2) is 17.0 Å². The first-order valence-electron chi connectivity index (χ1n) is 5.84. The number of nitrogens with one attached hydrogen (secondary N) is 1. The van der Waals surface area contributed by atoms with Crippen molar-refractivity contribution >= 4 is 33.3 Å². The van der Waals surface area contributed by atoms with Crippen LogP contribution in [0.25, 0.3) is 0 Å². The Kier molecular flexibility index (Phi) is 5.68. The first-order chi connectivity index (χ1) is 9.69. The molecule has 0 saturated carbocycles. The van der Waals surface area contributed by atoms with Crippen molar-refractivity contribution in [2.75, 3.05) is 12.8 Å². The minimum atomic E-state index is -3.90. The number of carbonyl (C=O) groups is 2. The lowest BCUT2D eigenvalue weighted by Gasteiger charge is -2.07. The van der Waals surface area contributed by atoms with Crippen LogP contribution in [-0.4, -0.2) is 38.2 Å². The summed E-state index contributed by atoms with van der Waals surface area (Å²) in [6.07, 6.45) is 0.0340. The standard InChI is InChI=1S/C12H13ClFNO5S/c1-15-10(16)3-2-4-21(19,20)7-5-8(12(17)18)11(13)9(14)6-7/h5-6H,2-4H2,1H3,(H,15,16)(H,17,18). The molecule has 2 N–H and O–H groups in total. The van der Waals surface area contributed by atoms with Gasteiger partial charge in [0, 0.05) is 13.5 Å². The van der Waals surface area contributed by atoms with Crippen LogP contribution in [0.2, 0.25) is 5.02 Å². The van der Waals surface area contributed by atoms with Crippen molar-refractivity contribution in [2.24, 2.45) is 0 Å². The molecule has 0 unspecified atom stereocenters. The van der Waals surface area contributed by atoms with E-state index in [0.29, 0.717) is 6.07 Å². The summed E-state index contributed by atoms with van der Waals surface area (Å²) >= 11 is 5.47. The molecule has 6 nitrogen and oxygen atoms in total. The van der Waals surface area contributed by atoms with Gasteiger partial charge in [0.05, 0.1) is 21.2 Å². The molecule has 0 aliphatic heterocycles. The second-order valence-electron chi connectivity index (χ2n) is 4.17. The normalized spacial score (nSPS) is 11.2. The highest BCUT2D eigenvalue weighted by Gasteiger charge is 2.22. The fourth-order valence-electron chi connectivity index (χ4n) is 1.56. The van der Waals surface area contributed by atoms with Crippen LogP contribution in [-0.2, 0) is 14.6 Å². The third kappa shape index (κ3) is 4.40. The molecule has 0 saturated heterocycles. The zero-order chi connectivity index (χ0) is 16.2. The molecular formula is C12H13ClFNO5S. The van der Waals surface area contributed by atoms with E-state index in [4.69, 9.17) is 16.7 Å². The van der Waals surface area contributed by atoms with E-state index in [1.54, 1.807) is 0 Å². The Morgan fingerprint density at radius 1 is 1.38 bits per heavy atom. The molecule has 0 heterocycles. The Morgan fingerprint density at radius 3 is 2.52 bits per heavy atom. The molecule has 1 amide bonds. The summed E-state index contributed by atoms with van der Waals surface area (Å²) in [4.78, 5) is 21.4. The molecule has 0 bridgehead atoms. The maximum atomic E-state index is 13.5. The monoisotopic (exact) mass is 337 g/mol. The number of carboxylic acids is 1. The third-order valence-electron chi connectivity index (χ3n) is 2.69. The molecule has 1 rings (SSSR count). The molecule has 0 aromatic heterocycles. The quantitative estimate of drug-likeness (QED) is 0.818. The van der Waals surface area contributed by atoms with Crippen molar-refractivity contribution in [3.63, 3.8) is 0 Å². The van der Waals surface area contributed by atoms with E-state index in [-0.39, 0.29) is 18.7 Å². The van der Waals surface area contributed by atoms with E-state index in [9.17, 15) is 22.4 Å². The highest BCUT2D eigenvalue weighted by atomic mass is 35.5. The lowest BCUT2D eigenvalue weighted by molar-refractivity contribution is -0.120. The Labute approximate surface area is 125 Å². The van der Waals surface area contributed by atoms with Gasteiger partial charge in [-0.3, -0.25) is 4.79 Å². The van der Waals surface area contributed by atoms with Gasteiger partial charge in [-0.25, -0.2) is 17.6 Å². The molecule has 0 fully saturated rings. The molecule has 1 aromatic carbocycles. The smallest absolute Gasteiger partial charge is 0.337 e. The number of amides is 1. The number of benzene rings is 1. The first-order valence-corrected chi connectivity index (χ1v) is 7.87. The topological polar surface area (TPSA) is 101 Å². The van der Waals surface area contributed by atoms with E-state index < -0.39 is 42.9 Å². The van der Waals surface area contributed by atoms with Crippen LogP contribution in [0, 0.1) is 5.82 Å². The molecule has 9 heteroatoms. The van der Waals surface area contributed by atoms with Gasteiger partial charge in [0.25, 0.3) is 0 Å². The van der Waals surface area contributed by atoms with Gasteiger partial charge in [0.15, 0.2) is 9.84 Å². The SMILES string of the molecule is CNC(=O)CCCS(=O)(=O)c1cc(F)c(Cl)c(C(=O)O)c1. The molecule has 0 atom stereocenters. The van der Waals surface area contributed by atoms with Crippen LogP contribution in [0.4, 0.5) is 4.39 Å². The van der Waals surface area contributed by atoms with Crippen molar-refractivity contribution in [3.8, 4) is 0 Å². The minimum Gasteiger partial charge on any atom is -0.478 e. The molecule has 21 heavy (non-hydrogen) atoms. The maximum absolute atomic E-state index is 13.5. The summed E-state index contributed by atoms with van der Waals surface area (Å²) in [6.45, 7) is 0. The summed E-state index contributed by atoms with van der Waals surface area (Å²) in [7, 11) is -2.48. The van der Waals surface area contributed by atoms with Gasteiger partial charge in [0.1, 0.15) is 5.82 Å². The average molecular weight is 338 g/mol. The number of aromatic carboxylic acids is 1. The Bertz CT molecular complexity index is 674. The lowest BCUT2D eigenvalue weighted by Crippen LogP contribution is -2.19. The van der Waals surface area contributed by atoms with Crippen molar-refractivity contribution in [1.29, 1.82) is 0 Å². The largest absolute Gasteiger partial charge is 0.478 e. The number of rotatable bonds is 6. The van der Waals surface area contributed by atoms with Gasteiger partial charge in [-0.1, -0.05) is 11.6 Å². The molecule has 0 aliphatic rings. The number of carboxylic acid groups (broad SMARTS) is 1. The van der Waals surface area contributed by atoms with E-state index in [1.165, 1.54) is 7.05 Å². The number of halogens is 2. The second-order valence-corrected chi connectivity index (χ2v) is 6.65. The molecule has 0 spiro atoms. The number of hydrogen-bond donors (Lipinski definition) is 2. The van der Waals surface area contributed by atoms with Gasteiger partial charge in [-0.2, -0.15) is 0 Å². The molecule has 1 aromatic rings. The van der Waals surface area contributed by atoms with Gasteiger partial charge < -0.3 is 10.4 Å². The zero-order valence-electron chi connectivity index (χ0n) is 11.0. The van der Waals surface area contributed by atoms with E-state index in [1.807, 2.05) is 0 Å². The van der Waals surface area contributed by atoms with Gasteiger partial charge >= 0.3 is 5.97 Å². The summed E-state index contributed by atoms with van der Waals surface area (Å²) in [6, 6.07) is 1.48. The predicted octanol–water partition coefficient (Wildman–Crippen LogP) is 1.48. The lowest BCUT2D eigenvalue weighted by atomic mass is 10.2. The molecular weight excluding hydrogens is 325 g/mol. The maximum Gasteiger partial charge on any atom is 0.337 e.